The van der Waals surface area contributed by atoms with Gasteiger partial charge in [0.25, 0.3) is 0 Å². The Hall–Kier alpha value is -1.45. The molecule has 70 valence electrons. The van der Waals surface area contributed by atoms with Crippen molar-refractivity contribution in [2.75, 3.05) is 0 Å². The molecule has 0 saturated heterocycles. The fraction of sp³-hybridized carbons (Fsp3) is 0.222. The summed E-state index contributed by atoms with van der Waals surface area (Å²) in [5.74, 6) is -2.35. The van der Waals surface area contributed by atoms with Crippen molar-refractivity contribution in [3.8, 4) is 5.75 Å². The molecule has 0 radical (unpaired) electrons. The summed E-state index contributed by atoms with van der Waals surface area (Å²) < 4.78 is 29.9. The molecule has 1 aromatic rings. The standard InChI is InChI=1S/C9H8F2O2/c1-2-9(12)13-8-5-6(10)3-4-7(8)11/h3-5H,2H2,1H3. The normalized spacial score (nSPS) is 9.77. The lowest BCUT2D eigenvalue weighted by atomic mass is 10.3. The van der Waals surface area contributed by atoms with Gasteiger partial charge in [0.1, 0.15) is 5.82 Å². The number of carbonyl (C=O) groups excluding carboxylic acids is 1. The van der Waals surface area contributed by atoms with Gasteiger partial charge < -0.3 is 4.74 Å². The van der Waals surface area contributed by atoms with Gasteiger partial charge in [0.05, 0.1) is 0 Å². The number of carbonyl (C=O) groups is 1. The van der Waals surface area contributed by atoms with Crippen molar-refractivity contribution in [1.29, 1.82) is 0 Å². The maximum absolute atomic E-state index is 12.8. The Morgan fingerprint density at radius 1 is 1.46 bits per heavy atom. The van der Waals surface area contributed by atoms with Gasteiger partial charge in [0, 0.05) is 12.5 Å². The van der Waals surface area contributed by atoms with Gasteiger partial charge in [-0.15, -0.1) is 0 Å². The van der Waals surface area contributed by atoms with Crippen LogP contribution in [0.3, 0.4) is 0 Å². The Morgan fingerprint density at radius 3 is 2.77 bits per heavy atom. The fourth-order valence-corrected chi connectivity index (χ4v) is 0.750. The van der Waals surface area contributed by atoms with Gasteiger partial charge in [-0.1, -0.05) is 6.92 Å². The van der Waals surface area contributed by atoms with Gasteiger partial charge in [0.15, 0.2) is 11.6 Å². The highest BCUT2D eigenvalue weighted by Gasteiger charge is 2.08. The molecule has 0 atom stereocenters. The quantitative estimate of drug-likeness (QED) is 0.523. The Morgan fingerprint density at radius 2 is 2.15 bits per heavy atom. The second-order valence-electron chi connectivity index (χ2n) is 2.40. The van der Waals surface area contributed by atoms with E-state index in [1.807, 2.05) is 0 Å². The Bertz CT molecular complexity index is 323. The van der Waals surface area contributed by atoms with E-state index in [1.54, 1.807) is 6.92 Å². The van der Waals surface area contributed by atoms with Crippen LogP contribution in [0.15, 0.2) is 18.2 Å². The van der Waals surface area contributed by atoms with Crippen LogP contribution in [0, 0.1) is 11.6 Å². The SMILES string of the molecule is CCC(=O)Oc1cc(F)ccc1F. The summed E-state index contributed by atoms with van der Waals surface area (Å²) in [6.07, 6.45) is 0.121. The first kappa shape index (κ1) is 9.64. The number of halogens is 2. The number of hydrogen-bond donors (Lipinski definition) is 0. The smallest absolute Gasteiger partial charge is 0.310 e. The van der Waals surface area contributed by atoms with Crippen LogP contribution in [-0.2, 0) is 4.79 Å². The molecule has 0 bridgehead atoms. The molecule has 0 amide bonds. The molecule has 0 saturated carbocycles. The van der Waals surface area contributed by atoms with Crippen molar-refractivity contribution in [2.45, 2.75) is 13.3 Å². The third-order valence-corrected chi connectivity index (χ3v) is 1.41. The summed E-state index contributed by atoms with van der Waals surface area (Å²) in [5, 5.41) is 0. The molecule has 0 N–H and O–H groups in total. The summed E-state index contributed by atoms with van der Waals surface area (Å²) in [5.41, 5.74) is 0. The van der Waals surface area contributed by atoms with E-state index in [1.165, 1.54) is 0 Å². The lowest BCUT2D eigenvalue weighted by molar-refractivity contribution is -0.134. The molecule has 0 unspecified atom stereocenters. The fourth-order valence-electron chi connectivity index (χ4n) is 0.750. The van der Waals surface area contributed by atoms with Crippen LogP contribution in [-0.4, -0.2) is 5.97 Å². The zero-order chi connectivity index (χ0) is 9.84. The van der Waals surface area contributed by atoms with E-state index < -0.39 is 17.6 Å². The number of ether oxygens (including phenoxy) is 1. The van der Waals surface area contributed by atoms with Gasteiger partial charge in [0.2, 0.25) is 0 Å². The summed E-state index contributed by atoms with van der Waals surface area (Å²) in [6, 6.07) is 2.70. The molecule has 0 aliphatic heterocycles. The Balaban J connectivity index is 2.87. The molecular weight excluding hydrogens is 178 g/mol. The van der Waals surface area contributed by atoms with E-state index in [9.17, 15) is 13.6 Å². The second kappa shape index (κ2) is 3.98. The molecule has 0 aliphatic rings. The minimum atomic E-state index is -0.747. The molecule has 4 heteroatoms. The van der Waals surface area contributed by atoms with Gasteiger partial charge in [-0.3, -0.25) is 4.79 Å². The van der Waals surface area contributed by atoms with Crippen LogP contribution in [0.5, 0.6) is 5.75 Å². The number of esters is 1. The molecule has 13 heavy (non-hydrogen) atoms. The lowest BCUT2D eigenvalue weighted by Gasteiger charge is -2.02. The van der Waals surface area contributed by atoms with Crippen LogP contribution in [0.1, 0.15) is 13.3 Å². The van der Waals surface area contributed by atoms with Crippen LogP contribution in [0.2, 0.25) is 0 Å². The van der Waals surface area contributed by atoms with Gasteiger partial charge >= 0.3 is 5.97 Å². The number of hydrogen-bond acceptors (Lipinski definition) is 2. The highest BCUT2D eigenvalue weighted by molar-refractivity contribution is 5.71. The molecule has 0 fully saturated rings. The summed E-state index contributed by atoms with van der Waals surface area (Å²) in [6.45, 7) is 1.57. The summed E-state index contributed by atoms with van der Waals surface area (Å²) >= 11 is 0. The zero-order valence-electron chi connectivity index (χ0n) is 7.01. The van der Waals surface area contributed by atoms with E-state index in [0.29, 0.717) is 0 Å². The Kier molecular flexibility index (Phi) is 2.95. The van der Waals surface area contributed by atoms with E-state index in [0.717, 1.165) is 18.2 Å². The summed E-state index contributed by atoms with van der Waals surface area (Å²) in [4.78, 5) is 10.7. The molecule has 0 aromatic heterocycles. The molecule has 0 heterocycles. The summed E-state index contributed by atoms with van der Waals surface area (Å²) in [7, 11) is 0. The van der Waals surface area contributed by atoms with Gasteiger partial charge in [-0.25, -0.2) is 8.78 Å². The van der Waals surface area contributed by atoms with Gasteiger partial charge in [-0.2, -0.15) is 0 Å². The first-order valence-corrected chi connectivity index (χ1v) is 3.79. The van der Waals surface area contributed by atoms with Crippen LogP contribution < -0.4 is 4.74 Å². The molecule has 1 rings (SSSR count). The largest absolute Gasteiger partial charge is 0.423 e. The lowest BCUT2D eigenvalue weighted by Crippen LogP contribution is -2.06. The monoisotopic (exact) mass is 186 g/mol. The second-order valence-corrected chi connectivity index (χ2v) is 2.40. The molecule has 2 nitrogen and oxygen atoms in total. The van der Waals surface area contributed by atoms with Crippen molar-refractivity contribution in [1.82, 2.24) is 0 Å². The molecular formula is C9H8F2O2. The zero-order valence-corrected chi connectivity index (χ0v) is 7.01. The van der Waals surface area contributed by atoms with Crippen molar-refractivity contribution >= 4 is 5.97 Å². The maximum Gasteiger partial charge on any atom is 0.310 e. The van der Waals surface area contributed by atoms with E-state index in [2.05, 4.69) is 4.74 Å². The number of rotatable bonds is 2. The van der Waals surface area contributed by atoms with Gasteiger partial charge in [-0.05, 0) is 12.1 Å². The van der Waals surface area contributed by atoms with Crippen LogP contribution in [0.4, 0.5) is 8.78 Å². The first-order chi connectivity index (χ1) is 6.13. The van der Waals surface area contributed by atoms with E-state index >= 15 is 0 Å². The van der Waals surface area contributed by atoms with E-state index in [4.69, 9.17) is 0 Å². The third-order valence-electron chi connectivity index (χ3n) is 1.41. The highest BCUT2D eigenvalue weighted by Crippen LogP contribution is 2.18. The van der Waals surface area contributed by atoms with Crippen molar-refractivity contribution < 1.29 is 18.3 Å². The molecule has 0 aliphatic carbocycles. The average molecular weight is 186 g/mol. The first-order valence-electron chi connectivity index (χ1n) is 3.79. The van der Waals surface area contributed by atoms with Crippen LogP contribution >= 0.6 is 0 Å². The van der Waals surface area contributed by atoms with Crippen molar-refractivity contribution in [3.05, 3.63) is 29.8 Å². The average Bonchev–Trinajstić information content (AvgIpc) is 2.11. The Labute approximate surface area is 74.1 Å². The maximum atomic E-state index is 12.8. The number of benzene rings is 1. The van der Waals surface area contributed by atoms with Crippen molar-refractivity contribution in [3.63, 3.8) is 0 Å². The predicted octanol–water partition coefficient (Wildman–Crippen LogP) is 2.28. The van der Waals surface area contributed by atoms with E-state index in [-0.39, 0.29) is 12.2 Å². The highest BCUT2D eigenvalue weighted by atomic mass is 19.1. The minimum absolute atomic E-state index is 0.121. The minimum Gasteiger partial charge on any atom is -0.423 e. The topological polar surface area (TPSA) is 26.3 Å². The predicted molar refractivity (Wildman–Crippen MR) is 42.3 cm³/mol. The molecule has 1 aromatic carbocycles. The van der Waals surface area contributed by atoms with Crippen molar-refractivity contribution in [2.24, 2.45) is 0 Å². The third kappa shape index (κ3) is 2.50. The van der Waals surface area contributed by atoms with Crippen LogP contribution in [0.25, 0.3) is 0 Å². The molecule has 0 spiro atoms.